The second kappa shape index (κ2) is 12.8. The van der Waals surface area contributed by atoms with Gasteiger partial charge in [-0.15, -0.1) is 24.0 Å². The first-order valence-electron chi connectivity index (χ1n) is 9.10. The molecule has 144 valence electrons. The molecule has 2 aromatic rings. The van der Waals surface area contributed by atoms with Crippen molar-refractivity contribution < 1.29 is 0 Å². The molecule has 1 heterocycles. The van der Waals surface area contributed by atoms with Gasteiger partial charge in [-0.1, -0.05) is 38.1 Å². The van der Waals surface area contributed by atoms with Gasteiger partial charge in [0, 0.05) is 45.6 Å². The molecule has 0 bridgehead atoms. The van der Waals surface area contributed by atoms with Crippen molar-refractivity contribution in [2.24, 2.45) is 4.99 Å². The monoisotopic (exact) mass is 469 g/mol. The molecule has 2 N–H and O–H groups in total. The highest BCUT2D eigenvalue weighted by Gasteiger charge is 2.03. The minimum atomic E-state index is 0. The highest BCUT2D eigenvalue weighted by Crippen LogP contribution is 2.08. The molecule has 0 spiro atoms. The van der Waals surface area contributed by atoms with E-state index in [0.29, 0.717) is 0 Å². The minimum absolute atomic E-state index is 0. The maximum Gasteiger partial charge on any atom is 0.191 e. The van der Waals surface area contributed by atoms with Crippen LogP contribution in [0.3, 0.4) is 0 Å². The van der Waals surface area contributed by atoms with Crippen LogP contribution in [-0.4, -0.2) is 42.1 Å². The molecule has 26 heavy (non-hydrogen) atoms. The summed E-state index contributed by atoms with van der Waals surface area (Å²) in [5.74, 6) is 0.835. The van der Waals surface area contributed by atoms with Crippen molar-refractivity contribution in [3.8, 4) is 0 Å². The number of aromatic nitrogens is 1. The average Bonchev–Trinajstić information content (AvgIpc) is 3.16. The van der Waals surface area contributed by atoms with Crippen molar-refractivity contribution in [2.75, 3.05) is 26.7 Å². The zero-order valence-electron chi connectivity index (χ0n) is 16.1. The molecule has 0 saturated carbocycles. The molecule has 5 nitrogen and oxygen atoms in total. The van der Waals surface area contributed by atoms with Gasteiger partial charge in [0.25, 0.3) is 0 Å². The quantitative estimate of drug-likeness (QED) is 0.337. The van der Waals surface area contributed by atoms with E-state index < -0.39 is 0 Å². The molecule has 0 atom stereocenters. The van der Waals surface area contributed by atoms with Crippen molar-refractivity contribution in [1.29, 1.82) is 0 Å². The first-order chi connectivity index (χ1) is 12.2. The van der Waals surface area contributed by atoms with E-state index in [9.17, 15) is 0 Å². The van der Waals surface area contributed by atoms with Gasteiger partial charge in [-0.2, -0.15) is 0 Å². The first kappa shape index (κ1) is 22.5. The Hall–Kier alpha value is -1.54. The van der Waals surface area contributed by atoms with Crippen LogP contribution in [0.1, 0.15) is 25.0 Å². The van der Waals surface area contributed by atoms with Crippen molar-refractivity contribution >= 4 is 29.9 Å². The summed E-state index contributed by atoms with van der Waals surface area (Å²) in [6.07, 6.45) is 4.14. The number of halogens is 1. The third kappa shape index (κ3) is 7.78. The molecular formula is C20H32IN5. The summed E-state index contributed by atoms with van der Waals surface area (Å²) in [7, 11) is 1.81. The van der Waals surface area contributed by atoms with Gasteiger partial charge in [-0.05, 0) is 36.3 Å². The molecule has 0 aliphatic carbocycles. The molecule has 0 fully saturated rings. The lowest BCUT2D eigenvalue weighted by atomic mass is 10.1. The topological polar surface area (TPSA) is 44.6 Å². The lowest BCUT2D eigenvalue weighted by Gasteiger charge is -2.18. The Morgan fingerprint density at radius 3 is 2.38 bits per heavy atom. The Bertz CT molecular complexity index is 635. The fourth-order valence-electron chi connectivity index (χ4n) is 2.77. The maximum absolute atomic E-state index is 4.30. The zero-order chi connectivity index (χ0) is 17.9. The molecule has 0 saturated heterocycles. The van der Waals surface area contributed by atoms with Crippen LogP contribution >= 0.6 is 24.0 Å². The molecule has 1 aromatic heterocycles. The molecular weight excluding hydrogens is 437 g/mol. The fraction of sp³-hybridized carbons (Fsp3) is 0.450. The molecule has 2 rings (SSSR count). The molecule has 6 heteroatoms. The summed E-state index contributed by atoms with van der Waals surface area (Å²) in [4.78, 5) is 6.72. The van der Waals surface area contributed by atoms with Crippen LogP contribution < -0.4 is 10.6 Å². The number of nitrogens with one attached hydrogen (secondary N) is 2. The molecule has 0 aliphatic heterocycles. The Balaban J connectivity index is 0.00000338. The summed E-state index contributed by atoms with van der Waals surface area (Å²) in [6.45, 7) is 10.1. The van der Waals surface area contributed by atoms with Crippen LogP contribution in [0.4, 0.5) is 0 Å². The summed E-state index contributed by atoms with van der Waals surface area (Å²) < 4.78 is 2.15. The SMILES string of the molecule is CCN(CC)Cc1cccc(CNC(=NC)NCCn2cccc2)c1.I. The normalized spacial score (nSPS) is 11.3. The number of benzene rings is 1. The van der Waals surface area contributed by atoms with Crippen molar-refractivity contribution in [3.05, 3.63) is 59.9 Å². The van der Waals surface area contributed by atoms with Gasteiger partial charge >= 0.3 is 0 Å². The fourth-order valence-corrected chi connectivity index (χ4v) is 2.77. The Labute approximate surface area is 174 Å². The van der Waals surface area contributed by atoms with Crippen LogP contribution in [0.5, 0.6) is 0 Å². The molecule has 0 radical (unpaired) electrons. The number of rotatable bonds is 9. The smallest absolute Gasteiger partial charge is 0.191 e. The second-order valence-electron chi connectivity index (χ2n) is 6.05. The largest absolute Gasteiger partial charge is 0.355 e. The predicted molar refractivity (Wildman–Crippen MR) is 121 cm³/mol. The van der Waals surface area contributed by atoms with Crippen LogP contribution in [0.25, 0.3) is 0 Å². The van der Waals surface area contributed by atoms with E-state index in [2.05, 4.69) is 75.6 Å². The number of guanidine groups is 1. The molecule has 0 unspecified atom stereocenters. The molecule has 1 aromatic carbocycles. The molecule has 0 amide bonds. The lowest BCUT2D eigenvalue weighted by Crippen LogP contribution is -2.38. The zero-order valence-corrected chi connectivity index (χ0v) is 18.4. The highest BCUT2D eigenvalue weighted by molar-refractivity contribution is 14.0. The van der Waals surface area contributed by atoms with E-state index in [0.717, 1.165) is 45.2 Å². The summed E-state index contributed by atoms with van der Waals surface area (Å²) >= 11 is 0. The lowest BCUT2D eigenvalue weighted by molar-refractivity contribution is 0.296. The third-order valence-electron chi connectivity index (χ3n) is 4.30. The summed E-state index contributed by atoms with van der Waals surface area (Å²) in [6, 6.07) is 12.9. The first-order valence-corrected chi connectivity index (χ1v) is 9.10. The van der Waals surface area contributed by atoms with Crippen LogP contribution in [0.2, 0.25) is 0 Å². The number of nitrogens with zero attached hydrogens (tertiary/aromatic N) is 3. The Kier molecular flexibility index (Phi) is 11.0. The van der Waals surface area contributed by atoms with Gasteiger partial charge in [-0.25, -0.2) is 0 Å². The highest BCUT2D eigenvalue weighted by atomic mass is 127. The number of aliphatic imine (C=N–C) groups is 1. The van der Waals surface area contributed by atoms with Crippen molar-refractivity contribution in [3.63, 3.8) is 0 Å². The van der Waals surface area contributed by atoms with Gasteiger partial charge in [0.15, 0.2) is 5.96 Å². The maximum atomic E-state index is 4.30. The summed E-state index contributed by atoms with van der Waals surface area (Å²) in [5, 5.41) is 6.74. The van der Waals surface area contributed by atoms with E-state index in [4.69, 9.17) is 0 Å². The Morgan fingerprint density at radius 1 is 1.04 bits per heavy atom. The van der Waals surface area contributed by atoms with E-state index >= 15 is 0 Å². The number of hydrogen-bond acceptors (Lipinski definition) is 2. The van der Waals surface area contributed by atoms with Gasteiger partial charge < -0.3 is 15.2 Å². The average molecular weight is 469 g/mol. The van der Waals surface area contributed by atoms with E-state index in [-0.39, 0.29) is 24.0 Å². The van der Waals surface area contributed by atoms with Crippen LogP contribution in [0.15, 0.2) is 53.8 Å². The van der Waals surface area contributed by atoms with Crippen LogP contribution in [0, 0.1) is 0 Å². The van der Waals surface area contributed by atoms with E-state index in [1.165, 1.54) is 11.1 Å². The van der Waals surface area contributed by atoms with Gasteiger partial charge in [0.2, 0.25) is 0 Å². The van der Waals surface area contributed by atoms with Gasteiger partial charge in [0.05, 0.1) is 0 Å². The predicted octanol–water partition coefficient (Wildman–Crippen LogP) is 3.31. The van der Waals surface area contributed by atoms with Gasteiger partial charge in [-0.3, -0.25) is 9.89 Å². The Morgan fingerprint density at radius 2 is 1.73 bits per heavy atom. The molecule has 0 aliphatic rings. The van der Waals surface area contributed by atoms with Crippen LogP contribution in [-0.2, 0) is 19.6 Å². The van der Waals surface area contributed by atoms with E-state index in [1.807, 2.05) is 19.2 Å². The number of hydrogen-bond donors (Lipinski definition) is 2. The minimum Gasteiger partial charge on any atom is -0.355 e. The van der Waals surface area contributed by atoms with E-state index in [1.54, 1.807) is 0 Å². The van der Waals surface area contributed by atoms with Crippen molar-refractivity contribution in [1.82, 2.24) is 20.1 Å². The summed E-state index contributed by atoms with van der Waals surface area (Å²) in [5.41, 5.74) is 2.64. The third-order valence-corrected chi connectivity index (χ3v) is 4.30. The van der Waals surface area contributed by atoms with Crippen molar-refractivity contribution in [2.45, 2.75) is 33.5 Å². The standard InChI is InChI=1S/C20H31N5.HI/c1-4-24(5-2)17-19-10-8-9-18(15-19)16-23-20(21-3)22-11-14-25-12-6-7-13-25;/h6-10,12-13,15H,4-5,11,14,16-17H2,1-3H3,(H2,21,22,23);1H. The second-order valence-corrected chi connectivity index (χ2v) is 6.05. The van der Waals surface area contributed by atoms with Gasteiger partial charge in [0.1, 0.15) is 0 Å².